The minimum atomic E-state index is -3.84. The van der Waals surface area contributed by atoms with Gasteiger partial charge in [-0.1, -0.05) is 13.0 Å². The zero-order chi connectivity index (χ0) is 16.3. The van der Waals surface area contributed by atoms with E-state index >= 15 is 0 Å². The summed E-state index contributed by atoms with van der Waals surface area (Å²) < 4.78 is 28.5. The Morgan fingerprint density at radius 2 is 2.18 bits per heavy atom. The van der Waals surface area contributed by atoms with E-state index in [1.807, 2.05) is 6.07 Å². The second kappa shape index (κ2) is 6.87. The van der Waals surface area contributed by atoms with Gasteiger partial charge in [-0.3, -0.25) is 4.79 Å². The SMILES string of the molecule is CCOC(=O)CCc1cc2c(c(S(=O)(=O)Cl)c1)NC[C@@H](C)C2. The number of carbonyl (C=O) groups is 1. The van der Waals surface area contributed by atoms with Gasteiger partial charge in [-0.05, 0) is 42.9 Å². The third kappa shape index (κ3) is 4.14. The van der Waals surface area contributed by atoms with Crippen molar-refractivity contribution in [3.8, 4) is 0 Å². The van der Waals surface area contributed by atoms with E-state index in [0.29, 0.717) is 31.2 Å². The number of anilines is 1. The van der Waals surface area contributed by atoms with Crippen molar-refractivity contribution in [2.45, 2.75) is 38.0 Å². The fourth-order valence-electron chi connectivity index (χ4n) is 2.64. The fraction of sp³-hybridized carbons (Fsp3) is 0.533. The zero-order valence-electron chi connectivity index (χ0n) is 12.7. The first kappa shape index (κ1) is 17.1. The van der Waals surface area contributed by atoms with Crippen molar-refractivity contribution < 1.29 is 17.9 Å². The third-order valence-corrected chi connectivity index (χ3v) is 4.97. The molecule has 0 aliphatic carbocycles. The number of carbonyl (C=O) groups excluding carboxylic acids is 1. The predicted octanol–water partition coefficient (Wildman–Crippen LogP) is 2.71. The molecule has 1 aromatic carbocycles. The molecular weight excluding hydrogens is 326 g/mol. The Morgan fingerprint density at radius 1 is 1.45 bits per heavy atom. The Kier molecular flexibility index (Phi) is 5.34. The van der Waals surface area contributed by atoms with Gasteiger partial charge < -0.3 is 10.1 Å². The molecule has 0 bridgehead atoms. The van der Waals surface area contributed by atoms with Crippen LogP contribution in [0.3, 0.4) is 0 Å². The highest BCUT2D eigenvalue weighted by atomic mass is 35.7. The van der Waals surface area contributed by atoms with Gasteiger partial charge in [0.15, 0.2) is 0 Å². The molecule has 122 valence electrons. The molecule has 1 N–H and O–H groups in total. The van der Waals surface area contributed by atoms with Gasteiger partial charge in [-0.25, -0.2) is 8.42 Å². The quantitative estimate of drug-likeness (QED) is 0.656. The Morgan fingerprint density at radius 3 is 2.82 bits per heavy atom. The van der Waals surface area contributed by atoms with E-state index in [4.69, 9.17) is 15.4 Å². The maximum atomic E-state index is 11.8. The summed E-state index contributed by atoms with van der Waals surface area (Å²) in [4.78, 5) is 11.6. The largest absolute Gasteiger partial charge is 0.466 e. The minimum absolute atomic E-state index is 0.0948. The Balaban J connectivity index is 2.32. The molecule has 1 atom stereocenters. The molecule has 0 radical (unpaired) electrons. The number of halogens is 1. The van der Waals surface area contributed by atoms with Crippen LogP contribution in [0, 0.1) is 5.92 Å². The number of hydrogen-bond donors (Lipinski definition) is 1. The summed E-state index contributed by atoms with van der Waals surface area (Å²) in [6.45, 7) is 4.90. The summed E-state index contributed by atoms with van der Waals surface area (Å²) in [6, 6.07) is 3.49. The van der Waals surface area contributed by atoms with Crippen LogP contribution < -0.4 is 5.32 Å². The lowest BCUT2D eigenvalue weighted by Gasteiger charge is -2.25. The van der Waals surface area contributed by atoms with Crippen molar-refractivity contribution in [2.75, 3.05) is 18.5 Å². The van der Waals surface area contributed by atoms with Crippen molar-refractivity contribution >= 4 is 31.4 Å². The first-order valence-corrected chi connectivity index (χ1v) is 9.62. The maximum absolute atomic E-state index is 11.8. The van der Waals surface area contributed by atoms with Crippen molar-refractivity contribution in [3.63, 3.8) is 0 Å². The minimum Gasteiger partial charge on any atom is -0.466 e. The molecule has 0 saturated carbocycles. The smallest absolute Gasteiger partial charge is 0.306 e. The van der Waals surface area contributed by atoms with Crippen LogP contribution >= 0.6 is 10.7 Å². The van der Waals surface area contributed by atoms with E-state index in [9.17, 15) is 13.2 Å². The number of hydrogen-bond acceptors (Lipinski definition) is 5. The predicted molar refractivity (Wildman–Crippen MR) is 85.8 cm³/mol. The van der Waals surface area contributed by atoms with Crippen molar-refractivity contribution in [1.82, 2.24) is 0 Å². The van der Waals surface area contributed by atoms with Gasteiger partial charge in [0, 0.05) is 23.6 Å². The summed E-state index contributed by atoms with van der Waals surface area (Å²) in [6.07, 6.45) is 1.44. The normalized spacial score (nSPS) is 17.5. The van der Waals surface area contributed by atoms with E-state index in [1.54, 1.807) is 13.0 Å². The molecule has 0 spiro atoms. The lowest BCUT2D eigenvalue weighted by Crippen LogP contribution is -2.22. The molecule has 0 fully saturated rings. The van der Waals surface area contributed by atoms with Crippen LogP contribution in [0.5, 0.6) is 0 Å². The highest BCUT2D eigenvalue weighted by molar-refractivity contribution is 8.13. The Hall–Kier alpha value is -1.27. The van der Waals surface area contributed by atoms with Crippen LogP contribution in [-0.2, 0) is 31.4 Å². The Labute approximate surface area is 135 Å². The zero-order valence-corrected chi connectivity index (χ0v) is 14.3. The number of fused-ring (bicyclic) bond motifs is 1. The van der Waals surface area contributed by atoms with Crippen LogP contribution in [0.2, 0.25) is 0 Å². The van der Waals surface area contributed by atoms with E-state index in [0.717, 1.165) is 17.5 Å². The van der Waals surface area contributed by atoms with Crippen molar-refractivity contribution in [1.29, 1.82) is 0 Å². The van der Waals surface area contributed by atoms with Gasteiger partial charge in [0.2, 0.25) is 0 Å². The first-order valence-electron chi connectivity index (χ1n) is 7.31. The third-order valence-electron chi connectivity index (χ3n) is 3.63. The molecule has 1 aliphatic rings. The van der Waals surface area contributed by atoms with Crippen molar-refractivity contribution in [3.05, 3.63) is 23.3 Å². The summed E-state index contributed by atoms with van der Waals surface area (Å²) in [5, 5.41) is 3.14. The second-order valence-corrected chi connectivity index (χ2v) is 8.10. The fourth-order valence-corrected chi connectivity index (χ4v) is 3.74. The topological polar surface area (TPSA) is 72.5 Å². The standard InChI is InChI=1S/C15H20ClNO4S/c1-3-21-14(18)5-4-11-7-12-6-10(2)9-17-15(12)13(8-11)22(16,19)20/h7-8,10,17H,3-6,9H2,1-2H3/t10-/m0/s1. The molecule has 1 aromatic rings. The van der Waals surface area contributed by atoms with Gasteiger partial charge in [-0.15, -0.1) is 0 Å². The highest BCUT2D eigenvalue weighted by Crippen LogP contribution is 2.34. The van der Waals surface area contributed by atoms with Crippen LogP contribution in [0.15, 0.2) is 17.0 Å². The lowest BCUT2D eigenvalue weighted by molar-refractivity contribution is -0.143. The molecule has 7 heteroatoms. The van der Waals surface area contributed by atoms with Crippen molar-refractivity contribution in [2.24, 2.45) is 5.92 Å². The molecule has 5 nitrogen and oxygen atoms in total. The number of benzene rings is 1. The molecule has 0 amide bonds. The summed E-state index contributed by atoms with van der Waals surface area (Å²) in [7, 11) is 1.72. The molecule has 22 heavy (non-hydrogen) atoms. The molecule has 0 unspecified atom stereocenters. The number of ether oxygens (including phenoxy) is 1. The van der Waals surface area contributed by atoms with E-state index in [2.05, 4.69) is 12.2 Å². The van der Waals surface area contributed by atoms with Gasteiger partial charge in [0.25, 0.3) is 9.05 Å². The first-order chi connectivity index (χ1) is 10.3. The molecule has 1 heterocycles. The highest BCUT2D eigenvalue weighted by Gasteiger charge is 2.24. The van der Waals surface area contributed by atoms with Crippen LogP contribution in [0.1, 0.15) is 31.4 Å². The lowest BCUT2D eigenvalue weighted by atomic mass is 9.93. The van der Waals surface area contributed by atoms with Crippen LogP contribution in [0.4, 0.5) is 5.69 Å². The molecule has 0 saturated heterocycles. The second-order valence-electron chi connectivity index (χ2n) is 5.56. The molecule has 0 aromatic heterocycles. The number of esters is 1. The van der Waals surface area contributed by atoms with E-state index in [1.165, 1.54) is 0 Å². The molecule has 1 aliphatic heterocycles. The average Bonchev–Trinajstić information content (AvgIpc) is 2.43. The number of rotatable bonds is 5. The van der Waals surface area contributed by atoms with Gasteiger partial charge in [0.1, 0.15) is 4.90 Å². The van der Waals surface area contributed by atoms with Gasteiger partial charge >= 0.3 is 5.97 Å². The monoisotopic (exact) mass is 345 g/mol. The van der Waals surface area contributed by atoms with Crippen LogP contribution in [0.25, 0.3) is 0 Å². The van der Waals surface area contributed by atoms with Gasteiger partial charge in [0.05, 0.1) is 12.3 Å². The maximum Gasteiger partial charge on any atom is 0.306 e. The summed E-state index contributed by atoms with van der Waals surface area (Å²) in [5.41, 5.74) is 2.30. The molecular formula is C15H20ClNO4S. The summed E-state index contributed by atoms with van der Waals surface area (Å²) >= 11 is 0. The van der Waals surface area contributed by atoms with Crippen LogP contribution in [-0.4, -0.2) is 27.5 Å². The number of aryl methyl sites for hydroxylation is 1. The van der Waals surface area contributed by atoms with Gasteiger partial charge in [-0.2, -0.15) is 0 Å². The average molecular weight is 346 g/mol. The Bertz CT molecular complexity index is 672. The summed E-state index contributed by atoms with van der Waals surface area (Å²) in [5.74, 6) is 0.126. The number of nitrogens with one attached hydrogen (secondary N) is 1. The van der Waals surface area contributed by atoms with E-state index in [-0.39, 0.29) is 17.3 Å². The van der Waals surface area contributed by atoms with E-state index < -0.39 is 9.05 Å². The molecule has 2 rings (SSSR count).